The average molecular weight is 455 g/mol. The van der Waals surface area contributed by atoms with Gasteiger partial charge in [0.15, 0.2) is 0 Å². The lowest BCUT2D eigenvalue weighted by atomic mass is 9.97. The fourth-order valence-electron chi connectivity index (χ4n) is 4.02. The number of hydrogen-bond acceptors (Lipinski definition) is 5. The first-order valence-corrected chi connectivity index (χ1v) is 11.6. The lowest BCUT2D eigenvalue weighted by molar-refractivity contribution is -0.139. The van der Waals surface area contributed by atoms with Crippen molar-refractivity contribution in [2.24, 2.45) is 5.92 Å². The van der Waals surface area contributed by atoms with E-state index in [9.17, 15) is 14.4 Å². The highest BCUT2D eigenvalue weighted by molar-refractivity contribution is 6.03. The normalized spacial score (nSPS) is 18.0. The van der Waals surface area contributed by atoms with Gasteiger partial charge in [0, 0.05) is 18.1 Å². The topological polar surface area (TPSA) is 101 Å². The number of carbonyl (C=O) groups is 3. The van der Waals surface area contributed by atoms with Crippen LogP contribution in [0.3, 0.4) is 0 Å². The number of benzene rings is 1. The summed E-state index contributed by atoms with van der Waals surface area (Å²) in [7, 11) is 0. The first-order valence-electron chi connectivity index (χ1n) is 11.6. The van der Waals surface area contributed by atoms with Gasteiger partial charge in [0.25, 0.3) is 0 Å². The predicted molar refractivity (Wildman–Crippen MR) is 128 cm³/mol. The standard InChI is InChI=1S/C25H34N4O4/c1-6-16(2)20(28-24(32)33-25(3,4)5)23(31)29-15-9-13-19(29)22(30)27-18-12-7-10-17-11-8-14-26-21(17)18/h7-8,10-12,14,16,19-20H,6,9,13,15H2,1-5H3,(H,27,30)(H,28,32)/t16-,19+,20+/m1/s1. The molecule has 33 heavy (non-hydrogen) atoms. The lowest BCUT2D eigenvalue weighted by Gasteiger charge is -2.32. The number of likely N-dealkylation sites (tertiary alicyclic amines) is 1. The molecule has 1 aliphatic heterocycles. The zero-order chi connectivity index (χ0) is 24.2. The minimum Gasteiger partial charge on any atom is -0.444 e. The quantitative estimate of drug-likeness (QED) is 0.684. The number of anilines is 1. The third-order valence-electron chi connectivity index (χ3n) is 5.88. The van der Waals surface area contributed by atoms with E-state index >= 15 is 0 Å². The van der Waals surface area contributed by atoms with Gasteiger partial charge in [-0.15, -0.1) is 0 Å². The minimum atomic E-state index is -0.766. The number of rotatable bonds is 6. The molecule has 1 aromatic carbocycles. The Hall–Kier alpha value is -3.16. The minimum absolute atomic E-state index is 0.114. The Kier molecular flexibility index (Phi) is 7.56. The lowest BCUT2D eigenvalue weighted by Crippen LogP contribution is -2.55. The molecular formula is C25H34N4O4. The second kappa shape index (κ2) is 10.2. The van der Waals surface area contributed by atoms with Gasteiger partial charge < -0.3 is 20.3 Å². The zero-order valence-electron chi connectivity index (χ0n) is 20.1. The molecule has 3 rings (SSSR count). The number of ether oxygens (including phenoxy) is 1. The van der Waals surface area contributed by atoms with Crippen LogP contribution >= 0.6 is 0 Å². The number of fused-ring (bicyclic) bond motifs is 1. The van der Waals surface area contributed by atoms with Crippen LogP contribution in [0, 0.1) is 5.92 Å². The van der Waals surface area contributed by atoms with Gasteiger partial charge in [-0.25, -0.2) is 4.79 Å². The summed E-state index contributed by atoms with van der Waals surface area (Å²) in [5, 5.41) is 6.62. The Bertz CT molecular complexity index is 1010. The van der Waals surface area contributed by atoms with Gasteiger partial charge in [0.2, 0.25) is 11.8 Å². The second-order valence-corrected chi connectivity index (χ2v) is 9.57. The molecule has 2 N–H and O–H groups in total. The summed E-state index contributed by atoms with van der Waals surface area (Å²) in [6.07, 6.45) is 3.02. The molecule has 1 saturated heterocycles. The fraction of sp³-hybridized carbons (Fsp3) is 0.520. The van der Waals surface area contributed by atoms with Crippen LogP contribution in [0.15, 0.2) is 36.5 Å². The van der Waals surface area contributed by atoms with E-state index in [0.29, 0.717) is 30.6 Å². The highest BCUT2D eigenvalue weighted by atomic mass is 16.6. The smallest absolute Gasteiger partial charge is 0.408 e. The van der Waals surface area contributed by atoms with Crippen molar-refractivity contribution >= 4 is 34.5 Å². The molecule has 0 saturated carbocycles. The third kappa shape index (κ3) is 6.00. The number of para-hydroxylation sites is 1. The molecule has 8 nitrogen and oxygen atoms in total. The van der Waals surface area contributed by atoms with E-state index in [-0.39, 0.29) is 17.7 Å². The molecule has 0 radical (unpaired) electrons. The number of nitrogens with one attached hydrogen (secondary N) is 2. The van der Waals surface area contributed by atoms with Gasteiger partial charge in [0.05, 0.1) is 11.2 Å². The van der Waals surface area contributed by atoms with Crippen LogP contribution in [0.5, 0.6) is 0 Å². The molecule has 3 amide bonds. The van der Waals surface area contributed by atoms with Crippen LogP contribution in [-0.4, -0.2) is 52.0 Å². The second-order valence-electron chi connectivity index (χ2n) is 9.57. The van der Waals surface area contributed by atoms with Crippen molar-refractivity contribution in [2.75, 3.05) is 11.9 Å². The Morgan fingerprint density at radius 3 is 2.64 bits per heavy atom. The zero-order valence-corrected chi connectivity index (χ0v) is 20.1. The summed E-state index contributed by atoms with van der Waals surface area (Å²) in [5.74, 6) is -0.625. The number of carbonyl (C=O) groups excluding carboxylic acids is 3. The van der Waals surface area contributed by atoms with Crippen molar-refractivity contribution in [2.45, 2.75) is 71.6 Å². The van der Waals surface area contributed by atoms with E-state index < -0.39 is 23.8 Å². The highest BCUT2D eigenvalue weighted by Gasteiger charge is 2.39. The van der Waals surface area contributed by atoms with E-state index in [1.807, 2.05) is 38.1 Å². The van der Waals surface area contributed by atoms with Crippen molar-refractivity contribution < 1.29 is 19.1 Å². The Morgan fingerprint density at radius 1 is 1.21 bits per heavy atom. The summed E-state index contributed by atoms with van der Waals surface area (Å²) < 4.78 is 5.36. The number of pyridine rings is 1. The van der Waals surface area contributed by atoms with E-state index in [1.165, 1.54) is 0 Å². The first kappa shape index (κ1) is 24.5. The molecule has 8 heteroatoms. The Labute approximate surface area is 195 Å². The van der Waals surface area contributed by atoms with Gasteiger partial charge >= 0.3 is 6.09 Å². The largest absolute Gasteiger partial charge is 0.444 e. The van der Waals surface area contributed by atoms with Crippen LogP contribution in [0.2, 0.25) is 0 Å². The van der Waals surface area contributed by atoms with Crippen LogP contribution in [0.25, 0.3) is 10.9 Å². The summed E-state index contributed by atoms with van der Waals surface area (Å²) in [6, 6.07) is 8.01. The fourth-order valence-corrected chi connectivity index (χ4v) is 4.02. The molecule has 0 bridgehead atoms. The third-order valence-corrected chi connectivity index (χ3v) is 5.88. The molecule has 2 aromatic rings. The van der Waals surface area contributed by atoms with Crippen molar-refractivity contribution in [3.63, 3.8) is 0 Å². The van der Waals surface area contributed by atoms with E-state index in [0.717, 1.165) is 11.8 Å². The molecule has 3 atom stereocenters. The van der Waals surface area contributed by atoms with Crippen LogP contribution in [0.1, 0.15) is 53.9 Å². The Balaban J connectivity index is 1.76. The molecule has 0 unspecified atom stereocenters. The van der Waals surface area contributed by atoms with Crippen molar-refractivity contribution in [1.29, 1.82) is 0 Å². The molecule has 0 spiro atoms. The molecule has 1 aromatic heterocycles. The van der Waals surface area contributed by atoms with Crippen LogP contribution in [-0.2, 0) is 14.3 Å². The predicted octanol–water partition coefficient (Wildman–Crippen LogP) is 4.10. The van der Waals surface area contributed by atoms with E-state index in [2.05, 4.69) is 15.6 Å². The van der Waals surface area contributed by atoms with E-state index in [4.69, 9.17) is 4.74 Å². The monoisotopic (exact) mass is 454 g/mol. The summed E-state index contributed by atoms with van der Waals surface area (Å²) >= 11 is 0. The summed E-state index contributed by atoms with van der Waals surface area (Å²) in [4.78, 5) is 45.1. The maximum atomic E-state index is 13.5. The SMILES string of the molecule is CC[C@@H](C)[C@H](NC(=O)OC(C)(C)C)C(=O)N1CCC[C@H]1C(=O)Nc1cccc2cccnc12. The summed E-state index contributed by atoms with van der Waals surface area (Å²) in [5.41, 5.74) is 0.645. The first-order chi connectivity index (χ1) is 15.6. The van der Waals surface area contributed by atoms with E-state index in [1.54, 1.807) is 37.9 Å². The molecule has 1 aliphatic rings. The molecular weight excluding hydrogens is 420 g/mol. The average Bonchev–Trinajstić information content (AvgIpc) is 3.26. The number of hydrogen-bond donors (Lipinski definition) is 2. The van der Waals surface area contributed by atoms with Crippen molar-refractivity contribution in [3.8, 4) is 0 Å². The van der Waals surface area contributed by atoms with Gasteiger partial charge in [0.1, 0.15) is 17.7 Å². The number of amides is 3. The maximum Gasteiger partial charge on any atom is 0.408 e. The van der Waals surface area contributed by atoms with Gasteiger partial charge in [-0.2, -0.15) is 0 Å². The molecule has 178 valence electrons. The van der Waals surface area contributed by atoms with Crippen LogP contribution in [0.4, 0.5) is 10.5 Å². The van der Waals surface area contributed by atoms with Crippen LogP contribution < -0.4 is 10.6 Å². The van der Waals surface area contributed by atoms with Gasteiger partial charge in [-0.05, 0) is 51.7 Å². The van der Waals surface area contributed by atoms with Gasteiger partial charge in [-0.1, -0.05) is 38.5 Å². The maximum absolute atomic E-state index is 13.5. The number of nitrogens with zero attached hydrogens (tertiary/aromatic N) is 2. The van der Waals surface area contributed by atoms with Gasteiger partial charge in [-0.3, -0.25) is 14.6 Å². The number of aromatic nitrogens is 1. The highest BCUT2D eigenvalue weighted by Crippen LogP contribution is 2.25. The molecule has 2 heterocycles. The van der Waals surface area contributed by atoms with Crippen molar-refractivity contribution in [1.82, 2.24) is 15.2 Å². The Morgan fingerprint density at radius 2 is 1.94 bits per heavy atom. The molecule has 1 fully saturated rings. The molecule has 0 aliphatic carbocycles. The van der Waals surface area contributed by atoms with Crippen molar-refractivity contribution in [3.05, 3.63) is 36.5 Å². The number of alkyl carbamates (subject to hydrolysis) is 1. The summed E-state index contributed by atoms with van der Waals surface area (Å²) in [6.45, 7) is 9.66.